The molecule has 0 aliphatic heterocycles. The number of aryl methyl sites for hydroxylation is 2. The maximum Gasteiger partial charge on any atom is 0.186 e. The van der Waals surface area contributed by atoms with E-state index >= 15 is 0 Å². The van der Waals surface area contributed by atoms with Gasteiger partial charge in [0.2, 0.25) is 0 Å². The zero-order valence-corrected chi connectivity index (χ0v) is 12.7. The van der Waals surface area contributed by atoms with Crippen LogP contribution < -0.4 is 0 Å². The average Bonchev–Trinajstić information content (AvgIpc) is 2.49. The summed E-state index contributed by atoms with van der Waals surface area (Å²) in [5.74, 6) is 0.0277. The lowest BCUT2D eigenvalue weighted by molar-refractivity contribution is 0.104. The quantitative estimate of drug-likeness (QED) is 0.676. The number of hydrogen-bond acceptors (Lipinski definition) is 2. The van der Waals surface area contributed by atoms with Gasteiger partial charge in [0, 0.05) is 5.56 Å². The number of carbonyl (C=O) groups is 1. The molecule has 0 spiro atoms. The van der Waals surface area contributed by atoms with E-state index in [-0.39, 0.29) is 12.4 Å². The third-order valence-corrected chi connectivity index (χ3v) is 3.60. The molecule has 0 amide bonds. The van der Waals surface area contributed by atoms with Crippen molar-refractivity contribution in [1.82, 2.24) is 0 Å². The molecule has 0 heterocycles. The topological polar surface area (TPSA) is 37.3 Å². The van der Waals surface area contributed by atoms with Crippen LogP contribution in [-0.4, -0.2) is 10.9 Å². The van der Waals surface area contributed by atoms with E-state index in [4.69, 9.17) is 5.11 Å². The maximum absolute atomic E-state index is 12.4. The van der Waals surface area contributed by atoms with Gasteiger partial charge in [0.1, 0.15) is 0 Å². The zero-order chi connectivity index (χ0) is 15.4. The van der Waals surface area contributed by atoms with Crippen molar-refractivity contribution in [2.24, 2.45) is 0 Å². The number of carbonyl (C=O) groups excluding carboxylic acids is 1. The normalized spacial score (nSPS) is 11.5. The molecule has 0 unspecified atom stereocenters. The molecule has 0 aliphatic rings. The van der Waals surface area contributed by atoms with Gasteiger partial charge in [0.15, 0.2) is 5.78 Å². The van der Waals surface area contributed by atoms with Crippen molar-refractivity contribution in [1.29, 1.82) is 0 Å². The van der Waals surface area contributed by atoms with Crippen LogP contribution >= 0.6 is 0 Å². The molecule has 2 aromatic rings. The summed E-state index contributed by atoms with van der Waals surface area (Å²) in [6.07, 6.45) is 1.68. The molecule has 0 fully saturated rings. The van der Waals surface area contributed by atoms with Gasteiger partial charge in [0.05, 0.1) is 6.61 Å². The second kappa shape index (κ2) is 6.51. The van der Waals surface area contributed by atoms with Crippen LogP contribution in [0.1, 0.15) is 39.5 Å². The molecule has 0 atom stereocenters. The smallest absolute Gasteiger partial charge is 0.186 e. The first-order valence-corrected chi connectivity index (χ1v) is 7.01. The first kappa shape index (κ1) is 15.2. The standard InChI is InChI=1S/C19H20O2/c1-13-4-5-14(2)18(10-13)19(21)11-15(3)17-8-6-16(12-20)7-9-17/h4-11,20H,12H2,1-3H3/b15-11+. The monoisotopic (exact) mass is 280 g/mol. The zero-order valence-electron chi connectivity index (χ0n) is 12.7. The van der Waals surface area contributed by atoms with Crippen LogP contribution in [0.3, 0.4) is 0 Å². The van der Waals surface area contributed by atoms with Crippen LogP contribution in [0, 0.1) is 13.8 Å². The molecule has 0 aliphatic carbocycles. The van der Waals surface area contributed by atoms with E-state index in [1.165, 1.54) is 0 Å². The number of ketones is 1. The molecule has 2 aromatic carbocycles. The molecule has 0 aromatic heterocycles. The number of aliphatic hydroxyl groups is 1. The number of aliphatic hydroxyl groups excluding tert-OH is 1. The van der Waals surface area contributed by atoms with Gasteiger partial charge < -0.3 is 5.11 Å². The molecule has 2 nitrogen and oxygen atoms in total. The Hall–Kier alpha value is -2.19. The number of allylic oxidation sites excluding steroid dienone is 2. The molecule has 21 heavy (non-hydrogen) atoms. The van der Waals surface area contributed by atoms with Gasteiger partial charge in [0.25, 0.3) is 0 Å². The highest BCUT2D eigenvalue weighted by Crippen LogP contribution is 2.18. The van der Waals surface area contributed by atoms with Gasteiger partial charge in [-0.2, -0.15) is 0 Å². The fourth-order valence-corrected chi connectivity index (χ4v) is 2.23. The fraction of sp³-hybridized carbons (Fsp3) is 0.211. The minimum atomic E-state index is 0.0277. The van der Waals surface area contributed by atoms with Crippen molar-refractivity contribution in [3.8, 4) is 0 Å². The molecular weight excluding hydrogens is 260 g/mol. The van der Waals surface area contributed by atoms with Crippen molar-refractivity contribution in [2.45, 2.75) is 27.4 Å². The molecule has 0 radical (unpaired) electrons. The average molecular weight is 280 g/mol. The van der Waals surface area contributed by atoms with E-state index < -0.39 is 0 Å². The first-order chi connectivity index (χ1) is 10.0. The van der Waals surface area contributed by atoms with Crippen molar-refractivity contribution in [3.63, 3.8) is 0 Å². The van der Waals surface area contributed by atoms with E-state index in [1.807, 2.05) is 63.2 Å². The Morgan fingerprint density at radius 3 is 2.38 bits per heavy atom. The summed E-state index contributed by atoms with van der Waals surface area (Å²) in [4.78, 5) is 12.4. The Balaban J connectivity index is 2.28. The summed E-state index contributed by atoms with van der Waals surface area (Å²) in [5.41, 5.74) is 5.61. The lowest BCUT2D eigenvalue weighted by atomic mass is 9.98. The molecule has 0 bridgehead atoms. The first-order valence-electron chi connectivity index (χ1n) is 7.01. The summed E-state index contributed by atoms with van der Waals surface area (Å²) < 4.78 is 0. The molecular formula is C19H20O2. The summed E-state index contributed by atoms with van der Waals surface area (Å²) in [6.45, 7) is 5.90. The Kier molecular flexibility index (Phi) is 4.71. The van der Waals surface area contributed by atoms with E-state index in [1.54, 1.807) is 6.08 Å². The van der Waals surface area contributed by atoms with Gasteiger partial charge in [-0.15, -0.1) is 0 Å². The van der Waals surface area contributed by atoms with E-state index in [9.17, 15) is 4.79 Å². The fourth-order valence-electron chi connectivity index (χ4n) is 2.23. The minimum Gasteiger partial charge on any atom is -0.392 e. The Labute approximate surface area is 125 Å². The Bertz CT molecular complexity index is 679. The van der Waals surface area contributed by atoms with Crippen LogP contribution in [0.25, 0.3) is 5.57 Å². The van der Waals surface area contributed by atoms with Crippen molar-refractivity contribution >= 4 is 11.4 Å². The third-order valence-electron chi connectivity index (χ3n) is 3.60. The summed E-state index contributed by atoms with van der Waals surface area (Å²) in [5, 5.41) is 9.05. The Morgan fingerprint density at radius 2 is 1.76 bits per heavy atom. The van der Waals surface area contributed by atoms with Gasteiger partial charge in [-0.3, -0.25) is 4.79 Å². The highest BCUT2D eigenvalue weighted by molar-refractivity contribution is 6.09. The lowest BCUT2D eigenvalue weighted by Gasteiger charge is -2.06. The number of hydrogen-bond donors (Lipinski definition) is 1. The van der Waals surface area contributed by atoms with Crippen molar-refractivity contribution < 1.29 is 9.90 Å². The van der Waals surface area contributed by atoms with Crippen molar-refractivity contribution in [2.75, 3.05) is 0 Å². The van der Waals surface area contributed by atoms with Crippen LogP contribution in [0.4, 0.5) is 0 Å². The van der Waals surface area contributed by atoms with Gasteiger partial charge in [-0.05, 0) is 55.2 Å². The largest absolute Gasteiger partial charge is 0.392 e. The van der Waals surface area contributed by atoms with Gasteiger partial charge >= 0.3 is 0 Å². The van der Waals surface area contributed by atoms with Gasteiger partial charge in [-0.25, -0.2) is 0 Å². The number of rotatable bonds is 4. The number of benzene rings is 2. The summed E-state index contributed by atoms with van der Waals surface area (Å²) >= 11 is 0. The molecule has 0 saturated carbocycles. The van der Waals surface area contributed by atoms with Crippen LogP contribution in [-0.2, 0) is 6.61 Å². The van der Waals surface area contributed by atoms with E-state index in [2.05, 4.69) is 0 Å². The molecule has 1 N–H and O–H groups in total. The van der Waals surface area contributed by atoms with Crippen LogP contribution in [0.2, 0.25) is 0 Å². The van der Waals surface area contributed by atoms with Crippen LogP contribution in [0.5, 0.6) is 0 Å². The molecule has 2 heteroatoms. The van der Waals surface area contributed by atoms with Crippen LogP contribution in [0.15, 0.2) is 48.5 Å². The SMILES string of the molecule is C/C(=C\C(=O)c1cc(C)ccc1C)c1ccc(CO)cc1. The van der Waals surface area contributed by atoms with E-state index in [0.717, 1.165) is 33.4 Å². The summed E-state index contributed by atoms with van der Waals surface area (Å²) in [6, 6.07) is 13.5. The lowest BCUT2D eigenvalue weighted by Crippen LogP contribution is -1.99. The van der Waals surface area contributed by atoms with E-state index in [0.29, 0.717) is 0 Å². The maximum atomic E-state index is 12.4. The molecule has 0 saturated heterocycles. The Morgan fingerprint density at radius 1 is 1.10 bits per heavy atom. The summed E-state index contributed by atoms with van der Waals surface area (Å²) in [7, 11) is 0. The minimum absolute atomic E-state index is 0.0277. The second-order valence-electron chi connectivity index (χ2n) is 5.37. The molecule has 2 rings (SSSR count). The molecule has 108 valence electrons. The third kappa shape index (κ3) is 3.67. The van der Waals surface area contributed by atoms with Crippen molar-refractivity contribution in [3.05, 3.63) is 76.4 Å². The predicted molar refractivity (Wildman–Crippen MR) is 86.3 cm³/mol. The predicted octanol–water partition coefficient (Wildman–Crippen LogP) is 4.08. The highest BCUT2D eigenvalue weighted by atomic mass is 16.3. The highest BCUT2D eigenvalue weighted by Gasteiger charge is 2.08. The second-order valence-corrected chi connectivity index (χ2v) is 5.37. The van der Waals surface area contributed by atoms with Gasteiger partial charge in [-0.1, -0.05) is 42.0 Å².